The molecular weight excluding hydrogens is 312 g/mol. The van der Waals surface area contributed by atoms with E-state index in [2.05, 4.69) is 6.58 Å². The summed E-state index contributed by atoms with van der Waals surface area (Å²) in [4.78, 5) is 11.9. The lowest BCUT2D eigenvalue weighted by molar-refractivity contribution is -0.159. The fraction of sp³-hybridized carbons (Fsp3) is 0.800. The van der Waals surface area contributed by atoms with Crippen molar-refractivity contribution in [3.05, 3.63) is 12.2 Å². The molecule has 0 radical (unpaired) electrons. The van der Waals surface area contributed by atoms with Crippen LogP contribution in [0.3, 0.4) is 0 Å². The number of carbonyl (C=O) groups is 1. The molecule has 9 atom stereocenters. The van der Waals surface area contributed by atoms with Crippen LogP contribution in [-0.2, 0) is 14.3 Å². The third-order valence-corrected chi connectivity index (χ3v) is 6.73. The smallest absolute Gasteiger partial charge is 0.334 e. The maximum absolute atomic E-state index is 11.9. The number of aliphatic hydroxyl groups is 3. The Labute approximate surface area is 132 Å². The zero-order valence-electron chi connectivity index (χ0n) is 12.3. The van der Waals surface area contributed by atoms with Crippen LogP contribution < -0.4 is 0 Å². The molecule has 122 valence electrons. The SMILES string of the molecule is C=C1C(=O)O[C@H]2[C@H]1[C@@H](O)C[C@@](C)(O)[C@]13O[C@H]1[C@@H](Cl)[C@@](C)(O)[C@H]23. The Hall–Kier alpha value is -0.660. The molecule has 7 heteroatoms. The van der Waals surface area contributed by atoms with Gasteiger partial charge < -0.3 is 24.8 Å². The van der Waals surface area contributed by atoms with Gasteiger partial charge in [0.25, 0.3) is 0 Å². The first-order valence-corrected chi connectivity index (χ1v) is 7.84. The van der Waals surface area contributed by atoms with Gasteiger partial charge in [-0.1, -0.05) is 6.58 Å². The van der Waals surface area contributed by atoms with E-state index in [-0.39, 0.29) is 12.0 Å². The summed E-state index contributed by atoms with van der Waals surface area (Å²) in [5.74, 6) is -1.99. The number of aliphatic hydroxyl groups excluding tert-OH is 1. The van der Waals surface area contributed by atoms with E-state index in [1.807, 2.05) is 0 Å². The summed E-state index contributed by atoms with van der Waals surface area (Å²) >= 11 is 6.33. The van der Waals surface area contributed by atoms with Gasteiger partial charge in [0.2, 0.25) is 0 Å². The van der Waals surface area contributed by atoms with Crippen molar-refractivity contribution in [1.82, 2.24) is 0 Å². The molecule has 2 heterocycles. The summed E-state index contributed by atoms with van der Waals surface area (Å²) in [7, 11) is 0. The molecule has 4 fully saturated rings. The largest absolute Gasteiger partial charge is 0.458 e. The number of ether oxygens (including phenoxy) is 2. The Morgan fingerprint density at radius 3 is 2.64 bits per heavy atom. The molecule has 4 aliphatic rings. The lowest BCUT2D eigenvalue weighted by Gasteiger charge is -2.40. The average molecular weight is 331 g/mol. The van der Waals surface area contributed by atoms with Crippen LogP contribution >= 0.6 is 11.6 Å². The van der Waals surface area contributed by atoms with Gasteiger partial charge in [-0.25, -0.2) is 4.79 Å². The predicted molar refractivity (Wildman–Crippen MR) is 75.1 cm³/mol. The van der Waals surface area contributed by atoms with Gasteiger partial charge >= 0.3 is 5.97 Å². The van der Waals surface area contributed by atoms with E-state index in [9.17, 15) is 20.1 Å². The molecule has 2 aliphatic carbocycles. The minimum absolute atomic E-state index is 0.00346. The zero-order chi connectivity index (χ0) is 16.2. The molecule has 0 aromatic rings. The molecule has 3 N–H and O–H groups in total. The van der Waals surface area contributed by atoms with E-state index >= 15 is 0 Å². The van der Waals surface area contributed by atoms with Crippen molar-refractivity contribution in [3.63, 3.8) is 0 Å². The summed E-state index contributed by atoms with van der Waals surface area (Å²) < 4.78 is 11.1. The number of fused-ring (bicyclic) bond motifs is 2. The Balaban J connectivity index is 1.90. The van der Waals surface area contributed by atoms with Crippen molar-refractivity contribution in [2.75, 3.05) is 0 Å². The number of rotatable bonds is 0. The van der Waals surface area contributed by atoms with Crippen LogP contribution in [0.2, 0.25) is 0 Å². The second-order valence-electron chi connectivity index (χ2n) is 7.40. The van der Waals surface area contributed by atoms with Gasteiger partial charge in [0.15, 0.2) is 0 Å². The number of alkyl halides is 1. The Morgan fingerprint density at radius 2 is 2.00 bits per heavy atom. The quantitative estimate of drug-likeness (QED) is 0.245. The summed E-state index contributed by atoms with van der Waals surface area (Å²) in [6.45, 7) is 6.84. The first-order valence-electron chi connectivity index (χ1n) is 7.40. The highest BCUT2D eigenvalue weighted by atomic mass is 35.5. The number of halogens is 1. The first-order chi connectivity index (χ1) is 10.1. The highest BCUT2D eigenvalue weighted by molar-refractivity contribution is 6.22. The summed E-state index contributed by atoms with van der Waals surface area (Å²) in [6, 6.07) is 0. The topological polar surface area (TPSA) is 99.5 Å². The van der Waals surface area contributed by atoms with E-state index in [1.54, 1.807) is 13.8 Å². The zero-order valence-corrected chi connectivity index (χ0v) is 13.1. The second-order valence-corrected chi connectivity index (χ2v) is 7.87. The number of hydrogen-bond acceptors (Lipinski definition) is 6. The molecule has 1 spiro atoms. The number of carbonyl (C=O) groups excluding carboxylic acids is 1. The molecule has 0 amide bonds. The lowest BCUT2D eigenvalue weighted by atomic mass is 9.73. The van der Waals surface area contributed by atoms with Crippen molar-refractivity contribution in [2.24, 2.45) is 11.8 Å². The molecule has 2 aliphatic heterocycles. The molecule has 0 unspecified atom stereocenters. The predicted octanol–water partition coefficient (Wildman–Crippen LogP) is -0.274. The molecule has 2 saturated heterocycles. The van der Waals surface area contributed by atoms with Gasteiger partial charge in [-0.15, -0.1) is 11.6 Å². The van der Waals surface area contributed by atoms with Crippen molar-refractivity contribution < 1.29 is 29.6 Å². The maximum Gasteiger partial charge on any atom is 0.334 e. The van der Waals surface area contributed by atoms with E-state index in [0.29, 0.717) is 0 Å². The maximum atomic E-state index is 11.9. The van der Waals surface area contributed by atoms with E-state index in [1.165, 1.54) is 0 Å². The van der Waals surface area contributed by atoms with Crippen LogP contribution in [0.4, 0.5) is 0 Å². The third kappa shape index (κ3) is 1.39. The van der Waals surface area contributed by atoms with Crippen molar-refractivity contribution in [2.45, 2.75) is 60.8 Å². The second kappa shape index (κ2) is 3.87. The van der Waals surface area contributed by atoms with Gasteiger partial charge in [0.05, 0.1) is 34.5 Å². The lowest BCUT2D eigenvalue weighted by Crippen LogP contribution is -2.56. The molecule has 4 rings (SSSR count). The summed E-state index contributed by atoms with van der Waals surface area (Å²) in [6.07, 6.45) is -2.36. The molecule has 22 heavy (non-hydrogen) atoms. The van der Waals surface area contributed by atoms with E-state index in [4.69, 9.17) is 21.1 Å². The molecule has 2 saturated carbocycles. The summed E-state index contributed by atoms with van der Waals surface area (Å²) in [5.41, 5.74) is -3.75. The van der Waals surface area contributed by atoms with Crippen LogP contribution in [0.5, 0.6) is 0 Å². The van der Waals surface area contributed by atoms with Gasteiger partial charge in [-0.2, -0.15) is 0 Å². The Kier molecular flexibility index (Phi) is 2.62. The Bertz CT molecular complexity index is 587. The molecule has 0 bridgehead atoms. The van der Waals surface area contributed by atoms with E-state index < -0.39 is 58.3 Å². The van der Waals surface area contributed by atoms with Gasteiger partial charge in [0.1, 0.15) is 17.8 Å². The minimum atomic E-state index is -1.40. The summed E-state index contributed by atoms with van der Waals surface area (Å²) in [5, 5.41) is 31.6. The van der Waals surface area contributed by atoms with Gasteiger partial charge in [0, 0.05) is 12.0 Å². The standard InChI is InChI=1S/C15H19ClO6/c1-5-7-6(17)4-13(2,19)15-9(8(7)21-12(5)18)14(3,20)10(16)11(15)22-15/h6-11,17,19-20H,1,4H2,2-3H3/t6-,7+,8-,9-,10+,11-,13+,14-,15+/m0/s1. The third-order valence-electron chi connectivity index (χ3n) is 6.06. The fourth-order valence-electron chi connectivity index (χ4n) is 4.99. The van der Waals surface area contributed by atoms with Crippen molar-refractivity contribution in [3.8, 4) is 0 Å². The molecular formula is C15H19ClO6. The molecule has 0 aromatic heterocycles. The highest BCUT2D eigenvalue weighted by Crippen LogP contribution is 2.69. The minimum Gasteiger partial charge on any atom is -0.458 e. The normalized spacial score (nSPS) is 62.8. The monoisotopic (exact) mass is 330 g/mol. The van der Waals surface area contributed by atoms with Crippen LogP contribution in [-0.4, -0.2) is 61.8 Å². The number of hydrogen-bond donors (Lipinski definition) is 3. The molecule has 0 aromatic carbocycles. The molecule has 6 nitrogen and oxygen atoms in total. The number of esters is 1. The van der Waals surface area contributed by atoms with E-state index in [0.717, 1.165) is 0 Å². The van der Waals surface area contributed by atoms with Crippen LogP contribution in [0, 0.1) is 11.8 Å². The average Bonchev–Trinajstić information content (AvgIpc) is 3.02. The van der Waals surface area contributed by atoms with Crippen LogP contribution in [0.15, 0.2) is 12.2 Å². The number of epoxide rings is 1. The Morgan fingerprint density at radius 1 is 1.36 bits per heavy atom. The highest BCUT2D eigenvalue weighted by Gasteiger charge is 2.86. The first kappa shape index (κ1) is 14.9. The van der Waals surface area contributed by atoms with Crippen molar-refractivity contribution >= 4 is 17.6 Å². The van der Waals surface area contributed by atoms with Gasteiger partial charge in [-0.3, -0.25) is 0 Å². The van der Waals surface area contributed by atoms with Gasteiger partial charge in [-0.05, 0) is 13.8 Å². The van der Waals surface area contributed by atoms with Crippen molar-refractivity contribution in [1.29, 1.82) is 0 Å². The van der Waals surface area contributed by atoms with Crippen LogP contribution in [0.25, 0.3) is 0 Å². The fourth-order valence-corrected chi connectivity index (χ4v) is 5.36. The van der Waals surface area contributed by atoms with Crippen LogP contribution in [0.1, 0.15) is 20.3 Å².